The minimum atomic E-state index is 0.515. The van der Waals surface area contributed by atoms with E-state index in [4.69, 9.17) is 5.73 Å². The third-order valence-electron chi connectivity index (χ3n) is 2.56. The average Bonchev–Trinajstić information content (AvgIpc) is 2.49. The van der Waals surface area contributed by atoms with Gasteiger partial charge in [-0.15, -0.1) is 0 Å². The number of anilines is 1. The molecular weight excluding hydrogens is 148 g/mol. The van der Waals surface area contributed by atoms with Gasteiger partial charge < -0.3 is 11.1 Å². The fourth-order valence-corrected chi connectivity index (χ4v) is 1.91. The monoisotopic (exact) mass is 162 g/mol. The zero-order chi connectivity index (χ0) is 8.55. The summed E-state index contributed by atoms with van der Waals surface area (Å²) >= 11 is 0. The van der Waals surface area contributed by atoms with Crippen molar-refractivity contribution in [3.8, 4) is 0 Å². The molecule has 2 nitrogen and oxygen atoms in total. The quantitative estimate of drug-likeness (QED) is 0.656. The van der Waals surface area contributed by atoms with Crippen molar-refractivity contribution in [1.29, 1.82) is 0 Å². The Labute approximate surface area is 72.8 Å². The number of hydrogen-bond acceptors (Lipinski definition) is 2. The fourth-order valence-electron chi connectivity index (χ4n) is 1.91. The molecule has 0 radical (unpaired) electrons. The highest BCUT2D eigenvalue weighted by atomic mass is 14.9. The van der Waals surface area contributed by atoms with Crippen LogP contribution in [0.4, 0.5) is 5.69 Å². The van der Waals surface area contributed by atoms with E-state index in [1.54, 1.807) is 0 Å². The van der Waals surface area contributed by atoms with E-state index in [1.807, 2.05) is 0 Å². The Morgan fingerprint density at radius 1 is 1.58 bits per heavy atom. The standard InChI is InChI=1S/C10H14N2/c1-7-3-2-4-9-10(7)8(5-11)6-12-9/h2-4,8,12H,5-6,11H2,1H3. The van der Waals surface area contributed by atoms with Crippen LogP contribution in [0.5, 0.6) is 0 Å². The van der Waals surface area contributed by atoms with E-state index in [9.17, 15) is 0 Å². The zero-order valence-corrected chi connectivity index (χ0v) is 7.30. The highest BCUT2D eigenvalue weighted by Gasteiger charge is 2.21. The van der Waals surface area contributed by atoms with Crippen molar-refractivity contribution in [1.82, 2.24) is 0 Å². The summed E-state index contributed by atoms with van der Waals surface area (Å²) in [4.78, 5) is 0. The van der Waals surface area contributed by atoms with Crippen LogP contribution in [0, 0.1) is 6.92 Å². The summed E-state index contributed by atoms with van der Waals surface area (Å²) in [6, 6.07) is 6.35. The van der Waals surface area contributed by atoms with Gasteiger partial charge in [-0.1, -0.05) is 12.1 Å². The van der Waals surface area contributed by atoms with Gasteiger partial charge in [0.25, 0.3) is 0 Å². The molecule has 0 bridgehead atoms. The van der Waals surface area contributed by atoms with Gasteiger partial charge in [0.2, 0.25) is 0 Å². The van der Waals surface area contributed by atoms with Gasteiger partial charge in [0, 0.05) is 24.7 Å². The lowest BCUT2D eigenvalue weighted by Crippen LogP contribution is -2.14. The number of aryl methyl sites for hydroxylation is 1. The van der Waals surface area contributed by atoms with Crippen molar-refractivity contribution >= 4 is 5.69 Å². The first kappa shape index (κ1) is 7.62. The van der Waals surface area contributed by atoms with Crippen LogP contribution in [0.1, 0.15) is 17.0 Å². The third kappa shape index (κ3) is 0.994. The maximum atomic E-state index is 5.68. The molecular formula is C10H14N2. The summed E-state index contributed by atoms with van der Waals surface area (Å²) in [6.45, 7) is 3.88. The smallest absolute Gasteiger partial charge is 0.0379 e. The van der Waals surface area contributed by atoms with Gasteiger partial charge in [-0.3, -0.25) is 0 Å². The SMILES string of the molecule is Cc1cccc2c1C(CN)CN2. The number of nitrogens with two attached hydrogens (primary N) is 1. The van der Waals surface area contributed by atoms with Crippen LogP contribution < -0.4 is 11.1 Å². The Kier molecular flexibility index (Phi) is 1.77. The van der Waals surface area contributed by atoms with Crippen LogP contribution >= 0.6 is 0 Å². The van der Waals surface area contributed by atoms with Gasteiger partial charge in [-0.25, -0.2) is 0 Å². The minimum absolute atomic E-state index is 0.515. The number of nitrogens with one attached hydrogen (secondary N) is 1. The van der Waals surface area contributed by atoms with Crippen LogP contribution in [0.15, 0.2) is 18.2 Å². The van der Waals surface area contributed by atoms with Crippen LogP contribution in [-0.4, -0.2) is 13.1 Å². The number of hydrogen-bond donors (Lipinski definition) is 2. The van der Waals surface area contributed by atoms with Crippen molar-refractivity contribution < 1.29 is 0 Å². The predicted molar refractivity (Wildman–Crippen MR) is 51.5 cm³/mol. The minimum Gasteiger partial charge on any atom is -0.384 e. The highest BCUT2D eigenvalue weighted by Crippen LogP contribution is 2.32. The first-order valence-electron chi connectivity index (χ1n) is 4.36. The molecule has 1 heterocycles. The lowest BCUT2D eigenvalue weighted by atomic mass is 9.97. The molecule has 0 saturated heterocycles. The second kappa shape index (κ2) is 2.79. The molecule has 1 aliphatic heterocycles. The van der Waals surface area contributed by atoms with Crippen LogP contribution in [0.25, 0.3) is 0 Å². The van der Waals surface area contributed by atoms with E-state index in [-0.39, 0.29) is 0 Å². The molecule has 1 atom stereocenters. The fraction of sp³-hybridized carbons (Fsp3) is 0.400. The Morgan fingerprint density at radius 3 is 3.17 bits per heavy atom. The molecule has 3 N–H and O–H groups in total. The van der Waals surface area contributed by atoms with E-state index in [0.29, 0.717) is 5.92 Å². The molecule has 64 valence electrons. The van der Waals surface area contributed by atoms with Crippen molar-refractivity contribution in [2.75, 3.05) is 18.4 Å². The van der Waals surface area contributed by atoms with Crippen LogP contribution in [0.3, 0.4) is 0 Å². The largest absolute Gasteiger partial charge is 0.384 e. The summed E-state index contributed by atoms with van der Waals surface area (Å²) in [5.74, 6) is 0.515. The Balaban J connectivity index is 2.48. The van der Waals surface area contributed by atoms with Gasteiger partial charge >= 0.3 is 0 Å². The van der Waals surface area contributed by atoms with Gasteiger partial charge in [0.05, 0.1) is 0 Å². The average molecular weight is 162 g/mol. The Hall–Kier alpha value is -1.02. The van der Waals surface area contributed by atoms with Gasteiger partial charge in [0.15, 0.2) is 0 Å². The van der Waals surface area contributed by atoms with Crippen LogP contribution in [0.2, 0.25) is 0 Å². The van der Waals surface area contributed by atoms with E-state index >= 15 is 0 Å². The molecule has 1 aliphatic rings. The second-order valence-corrected chi connectivity index (χ2v) is 3.35. The maximum absolute atomic E-state index is 5.68. The Bertz CT molecular complexity index is 294. The predicted octanol–water partition coefficient (Wildman–Crippen LogP) is 1.46. The zero-order valence-electron chi connectivity index (χ0n) is 7.30. The summed E-state index contributed by atoms with van der Waals surface area (Å²) in [5.41, 5.74) is 9.72. The van der Waals surface area contributed by atoms with Crippen molar-refractivity contribution in [3.63, 3.8) is 0 Å². The summed E-state index contributed by atoms with van der Waals surface area (Å²) in [7, 11) is 0. The first-order valence-corrected chi connectivity index (χ1v) is 4.36. The first-order chi connectivity index (χ1) is 5.83. The molecule has 0 aliphatic carbocycles. The van der Waals surface area contributed by atoms with Crippen molar-refractivity contribution in [2.24, 2.45) is 5.73 Å². The third-order valence-corrected chi connectivity index (χ3v) is 2.56. The topological polar surface area (TPSA) is 38.0 Å². The van der Waals surface area contributed by atoms with E-state index in [0.717, 1.165) is 13.1 Å². The second-order valence-electron chi connectivity index (χ2n) is 3.35. The van der Waals surface area contributed by atoms with E-state index < -0.39 is 0 Å². The van der Waals surface area contributed by atoms with Crippen LogP contribution in [-0.2, 0) is 0 Å². The van der Waals surface area contributed by atoms with E-state index in [1.165, 1.54) is 16.8 Å². The summed E-state index contributed by atoms with van der Waals surface area (Å²) in [6.07, 6.45) is 0. The summed E-state index contributed by atoms with van der Waals surface area (Å²) in [5, 5.41) is 3.36. The molecule has 0 amide bonds. The number of rotatable bonds is 1. The van der Waals surface area contributed by atoms with E-state index in [2.05, 4.69) is 30.4 Å². The maximum Gasteiger partial charge on any atom is 0.0379 e. The van der Waals surface area contributed by atoms with Crippen molar-refractivity contribution in [2.45, 2.75) is 12.8 Å². The van der Waals surface area contributed by atoms with Gasteiger partial charge in [0.1, 0.15) is 0 Å². The molecule has 1 aromatic rings. The Morgan fingerprint density at radius 2 is 2.42 bits per heavy atom. The van der Waals surface area contributed by atoms with Gasteiger partial charge in [-0.05, 0) is 24.1 Å². The number of fused-ring (bicyclic) bond motifs is 1. The molecule has 0 aromatic heterocycles. The normalized spacial score (nSPS) is 20.3. The molecule has 0 fully saturated rings. The molecule has 1 unspecified atom stereocenters. The molecule has 12 heavy (non-hydrogen) atoms. The highest BCUT2D eigenvalue weighted by molar-refractivity contribution is 5.60. The van der Waals surface area contributed by atoms with Crippen molar-refractivity contribution in [3.05, 3.63) is 29.3 Å². The molecule has 2 heteroatoms. The molecule has 0 spiro atoms. The lowest BCUT2D eigenvalue weighted by molar-refractivity contribution is 0.762. The van der Waals surface area contributed by atoms with Gasteiger partial charge in [-0.2, -0.15) is 0 Å². The summed E-state index contributed by atoms with van der Waals surface area (Å²) < 4.78 is 0. The number of benzene rings is 1. The molecule has 2 rings (SSSR count). The molecule has 1 aromatic carbocycles. The lowest BCUT2D eigenvalue weighted by Gasteiger charge is -2.08. The molecule has 0 saturated carbocycles.